The van der Waals surface area contributed by atoms with Crippen molar-refractivity contribution in [1.82, 2.24) is 19.4 Å². The lowest BCUT2D eigenvalue weighted by Gasteiger charge is -2.34. The fourth-order valence-electron chi connectivity index (χ4n) is 4.53. The van der Waals surface area contributed by atoms with Crippen molar-refractivity contribution in [3.8, 4) is 5.69 Å². The number of piperazine rings is 1. The number of nitrogens with zero attached hydrogens (tertiary/aromatic N) is 5. The van der Waals surface area contributed by atoms with Crippen LogP contribution in [0.4, 0.5) is 27.4 Å². The second-order valence-corrected chi connectivity index (χ2v) is 9.35. The predicted octanol–water partition coefficient (Wildman–Crippen LogP) is 2.64. The van der Waals surface area contributed by atoms with E-state index < -0.39 is 17.2 Å². The number of carbonyl (C=O) groups is 2. The van der Waals surface area contributed by atoms with Gasteiger partial charge in [0.2, 0.25) is 11.9 Å². The van der Waals surface area contributed by atoms with Crippen LogP contribution >= 0.6 is 0 Å². The first-order chi connectivity index (χ1) is 19.2. The number of benzene rings is 2. The van der Waals surface area contributed by atoms with E-state index in [9.17, 15) is 14.4 Å². The van der Waals surface area contributed by atoms with Gasteiger partial charge in [-0.25, -0.2) is 9.37 Å². The van der Waals surface area contributed by atoms with Gasteiger partial charge in [0.1, 0.15) is 11.5 Å². The number of carbonyl (C=O) groups excluding carboxylic acids is 2. The van der Waals surface area contributed by atoms with Crippen LogP contribution in [0.5, 0.6) is 0 Å². The summed E-state index contributed by atoms with van der Waals surface area (Å²) in [5.74, 6) is -1.59. The first kappa shape index (κ1) is 26.5. The molecule has 0 bridgehead atoms. The third kappa shape index (κ3) is 5.38. The molecule has 204 valence electrons. The summed E-state index contributed by atoms with van der Waals surface area (Å²) >= 11 is 0. The number of nitrogens with two attached hydrogens (primary N) is 1. The van der Waals surface area contributed by atoms with Crippen LogP contribution in [0.15, 0.2) is 72.2 Å². The molecule has 40 heavy (non-hydrogen) atoms. The lowest BCUT2D eigenvalue weighted by molar-refractivity contribution is -0.111. The van der Waals surface area contributed by atoms with Crippen molar-refractivity contribution in [1.29, 1.82) is 0 Å². The summed E-state index contributed by atoms with van der Waals surface area (Å²) in [5.41, 5.74) is 6.87. The molecule has 5 rings (SSSR count). The maximum absolute atomic E-state index is 15.1. The number of aromatic nitrogens is 3. The van der Waals surface area contributed by atoms with Crippen LogP contribution in [-0.4, -0.2) is 64.5 Å². The number of nitrogens with one attached hydrogen (secondary N) is 2. The number of amides is 2. The molecule has 0 spiro atoms. The fraction of sp³-hybridized carbons (Fsp3) is 0.179. The van der Waals surface area contributed by atoms with E-state index in [-0.39, 0.29) is 28.5 Å². The average Bonchev–Trinajstić information content (AvgIpc) is 2.93. The van der Waals surface area contributed by atoms with Crippen molar-refractivity contribution >= 4 is 45.9 Å². The normalized spacial score (nSPS) is 13.7. The van der Waals surface area contributed by atoms with Gasteiger partial charge in [-0.05, 0) is 49.5 Å². The van der Waals surface area contributed by atoms with E-state index in [0.29, 0.717) is 22.7 Å². The molecule has 0 atom stereocenters. The molecule has 3 heterocycles. The second kappa shape index (κ2) is 10.9. The lowest BCUT2D eigenvalue weighted by atomic mass is 10.2. The first-order valence-electron chi connectivity index (χ1n) is 12.5. The van der Waals surface area contributed by atoms with Gasteiger partial charge in [-0.1, -0.05) is 12.6 Å². The standard InChI is InChI=1S/C28H27FN8O3/c1-3-25(39)32-17-5-4-6-19(13-17)37-23(26(30)40)15-24(38)20-16-31-28(34-27(20)37)33-18-7-8-22(21(29)14-18)36-11-9-35(2)10-12-36/h3-8,13-16H,1,9-12H2,2H3,(H2,30,40)(H,32,39)(H,31,33,34). The van der Waals surface area contributed by atoms with Crippen LogP contribution in [0, 0.1) is 5.82 Å². The number of primary amides is 1. The second-order valence-electron chi connectivity index (χ2n) is 9.35. The first-order valence-corrected chi connectivity index (χ1v) is 12.5. The fourth-order valence-corrected chi connectivity index (χ4v) is 4.53. The summed E-state index contributed by atoms with van der Waals surface area (Å²) < 4.78 is 16.5. The highest BCUT2D eigenvalue weighted by molar-refractivity contribution is 5.99. The van der Waals surface area contributed by atoms with Gasteiger partial charge in [0.25, 0.3) is 5.91 Å². The van der Waals surface area contributed by atoms with Crippen molar-refractivity contribution in [2.75, 3.05) is 48.8 Å². The Morgan fingerprint density at radius 2 is 1.85 bits per heavy atom. The van der Waals surface area contributed by atoms with Crippen LogP contribution in [0.25, 0.3) is 16.7 Å². The topological polar surface area (TPSA) is 138 Å². The summed E-state index contributed by atoms with van der Waals surface area (Å²) in [7, 11) is 2.04. The lowest BCUT2D eigenvalue weighted by Crippen LogP contribution is -2.44. The van der Waals surface area contributed by atoms with E-state index >= 15 is 4.39 Å². The van der Waals surface area contributed by atoms with E-state index in [4.69, 9.17) is 5.73 Å². The average molecular weight is 543 g/mol. The van der Waals surface area contributed by atoms with Crippen molar-refractivity contribution in [2.24, 2.45) is 5.73 Å². The Hall–Kier alpha value is -5.10. The maximum Gasteiger partial charge on any atom is 0.265 e. The number of hydrogen-bond acceptors (Lipinski definition) is 8. The molecule has 2 amide bonds. The van der Waals surface area contributed by atoms with Crippen LogP contribution < -0.4 is 26.7 Å². The number of anilines is 4. The Morgan fingerprint density at radius 3 is 2.55 bits per heavy atom. The zero-order valence-corrected chi connectivity index (χ0v) is 21.7. The van der Waals surface area contributed by atoms with Crippen LogP contribution in [-0.2, 0) is 4.79 Å². The highest BCUT2D eigenvalue weighted by Gasteiger charge is 2.19. The number of likely N-dealkylation sites (N-methyl/N-ethyl adjacent to an activating group) is 1. The van der Waals surface area contributed by atoms with Crippen LogP contribution in [0.1, 0.15) is 10.5 Å². The van der Waals surface area contributed by atoms with E-state index in [1.807, 2.05) is 11.9 Å². The molecule has 2 aromatic heterocycles. The largest absolute Gasteiger partial charge is 0.367 e. The molecule has 0 aliphatic carbocycles. The van der Waals surface area contributed by atoms with E-state index in [1.165, 1.54) is 16.8 Å². The highest BCUT2D eigenvalue weighted by Crippen LogP contribution is 2.26. The molecule has 1 fully saturated rings. The highest BCUT2D eigenvalue weighted by atomic mass is 19.1. The van der Waals surface area contributed by atoms with Gasteiger partial charge in [0.15, 0.2) is 11.1 Å². The van der Waals surface area contributed by atoms with Gasteiger partial charge in [0, 0.05) is 55.5 Å². The van der Waals surface area contributed by atoms with Crippen molar-refractivity contribution < 1.29 is 14.0 Å². The predicted molar refractivity (Wildman–Crippen MR) is 152 cm³/mol. The maximum atomic E-state index is 15.1. The molecule has 1 aliphatic rings. The Labute approximate surface area is 228 Å². The summed E-state index contributed by atoms with van der Waals surface area (Å²) in [6.07, 6.45) is 2.45. The number of halogens is 1. The molecular weight excluding hydrogens is 515 g/mol. The minimum atomic E-state index is -0.853. The molecule has 0 unspecified atom stereocenters. The summed E-state index contributed by atoms with van der Waals surface area (Å²) in [5, 5.41) is 5.76. The molecule has 4 aromatic rings. The molecule has 4 N–H and O–H groups in total. The molecule has 12 heteroatoms. The molecule has 0 radical (unpaired) electrons. The van der Waals surface area contributed by atoms with Gasteiger partial charge >= 0.3 is 0 Å². The zero-order valence-electron chi connectivity index (χ0n) is 21.7. The Bertz CT molecular complexity index is 1700. The van der Waals surface area contributed by atoms with Gasteiger partial charge in [-0.2, -0.15) is 4.98 Å². The SMILES string of the molecule is C=CC(=O)Nc1cccc(-n2c(C(N)=O)cc(=O)c3cnc(Nc4ccc(N5CCN(C)CC5)c(F)c4)nc32)c1. The van der Waals surface area contributed by atoms with Gasteiger partial charge < -0.3 is 26.2 Å². The zero-order chi connectivity index (χ0) is 28.4. The molecule has 1 aliphatic heterocycles. The molecule has 0 saturated carbocycles. The van der Waals surface area contributed by atoms with Gasteiger partial charge in [-0.15, -0.1) is 0 Å². The van der Waals surface area contributed by atoms with Crippen molar-refractivity contribution in [3.63, 3.8) is 0 Å². The van der Waals surface area contributed by atoms with E-state index in [2.05, 4.69) is 32.1 Å². The van der Waals surface area contributed by atoms with E-state index in [1.54, 1.807) is 36.4 Å². The monoisotopic (exact) mass is 542 g/mol. The third-order valence-corrected chi connectivity index (χ3v) is 6.61. The van der Waals surface area contributed by atoms with Crippen LogP contribution in [0.2, 0.25) is 0 Å². The summed E-state index contributed by atoms with van der Waals surface area (Å²) in [4.78, 5) is 49.9. The quantitative estimate of drug-likeness (QED) is 0.303. The Balaban J connectivity index is 1.54. The molecular formula is C28H27FN8O3. The minimum absolute atomic E-state index is 0.0742. The summed E-state index contributed by atoms with van der Waals surface area (Å²) in [6.45, 7) is 6.60. The number of hydrogen-bond donors (Lipinski definition) is 3. The van der Waals surface area contributed by atoms with Crippen LogP contribution in [0.3, 0.4) is 0 Å². The van der Waals surface area contributed by atoms with E-state index in [0.717, 1.165) is 38.3 Å². The molecule has 1 saturated heterocycles. The molecule has 2 aromatic carbocycles. The Kier molecular flexibility index (Phi) is 7.25. The van der Waals surface area contributed by atoms with Gasteiger partial charge in [-0.3, -0.25) is 19.0 Å². The smallest absolute Gasteiger partial charge is 0.265 e. The number of pyridine rings is 1. The summed E-state index contributed by atoms with van der Waals surface area (Å²) in [6, 6.07) is 12.5. The molecule has 11 nitrogen and oxygen atoms in total. The Morgan fingerprint density at radius 1 is 1.07 bits per heavy atom. The number of fused-ring (bicyclic) bond motifs is 1. The third-order valence-electron chi connectivity index (χ3n) is 6.61. The van der Waals surface area contributed by atoms with Crippen molar-refractivity contribution in [2.45, 2.75) is 0 Å². The van der Waals surface area contributed by atoms with Gasteiger partial charge in [0.05, 0.1) is 11.1 Å². The van der Waals surface area contributed by atoms with Crippen molar-refractivity contribution in [3.05, 3.63) is 89.1 Å². The number of rotatable bonds is 7. The minimum Gasteiger partial charge on any atom is -0.367 e.